The summed E-state index contributed by atoms with van der Waals surface area (Å²) in [4.78, 5) is 29.2. The first-order valence-electron chi connectivity index (χ1n) is 8.79. The molecule has 25 heavy (non-hydrogen) atoms. The van der Waals surface area contributed by atoms with Crippen LogP contribution in [-0.2, 0) is 16.1 Å². The molecule has 1 aromatic rings. The number of halogens is 1. The lowest BCUT2D eigenvalue weighted by atomic mass is 9.84. The summed E-state index contributed by atoms with van der Waals surface area (Å²) in [5.41, 5.74) is 0.244. The zero-order valence-electron chi connectivity index (χ0n) is 15.1. The number of piperidine rings is 1. The fourth-order valence-corrected chi connectivity index (χ4v) is 3.87. The van der Waals surface area contributed by atoms with Crippen molar-refractivity contribution in [2.45, 2.75) is 45.7 Å². The first-order chi connectivity index (χ1) is 11.7. The van der Waals surface area contributed by atoms with E-state index in [9.17, 15) is 9.59 Å². The van der Waals surface area contributed by atoms with Gasteiger partial charge in [-0.15, -0.1) is 0 Å². The van der Waals surface area contributed by atoms with Crippen LogP contribution in [0.1, 0.15) is 39.2 Å². The van der Waals surface area contributed by atoms with Gasteiger partial charge in [0.05, 0.1) is 6.67 Å². The second-order valence-electron chi connectivity index (χ2n) is 8.06. The van der Waals surface area contributed by atoms with Gasteiger partial charge in [-0.2, -0.15) is 0 Å². The molecule has 0 radical (unpaired) electrons. The zero-order valence-corrected chi connectivity index (χ0v) is 15.9. The number of hydrogen-bond donors (Lipinski definition) is 1. The van der Waals surface area contributed by atoms with Crippen LogP contribution in [0, 0.1) is 5.41 Å². The summed E-state index contributed by atoms with van der Waals surface area (Å²) in [6.07, 6.45) is 1.35. The van der Waals surface area contributed by atoms with Crippen LogP contribution < -0.4 is 5.32 Å². The monoisotopic (exact) mass is 363 g/mol. The third kappa shape index (κ3) is 3.53. The van der Waals surface area contributed by atoms with Gasteiger partial charge in [-0.05, 0) is 30.5 Å². The van der Waals surface area contributed by atoms with Gasteiger partial charge >= 0.3 is 0 Å². The Balaban J connectivity index is 1.72. The Morgan fingerprint density at radius 3 is 2.36 bits per heavy atom. The number of rotatable bonds is 2. The van der Waals surface area contributed by atoms with Crippen molar-refractivity contribution in [2.75, 3.05) is 19.8 Å². The summed E-state index contributed by atoms with van der Waals surface area (Å²) in [6.45, 7) is 8.32. The van der Waals surface area contributed by atoms with Crippen molar-refractivity contribution >= 4 is 23.4 Å². The summed E-state index contributed by atoms with van der Waals surface area (Å²) < 4.78 is 0. The lowest BCUT2D eigenvalue weighted by Crippen LogP contribution is -2.57. The molecule has 1 spiro atoms. The minimum absolute atomic E-state index is 0.0873. The van der Waals surface area contributed by atoms with Crippen LogP contribution in [0.2, 0.25) is 5.02 Å². The molecule has 2 fully saturated rings. The zero-order chi connectivity index (χ0) is 18.2. The number of likely N-dealkylation sites (tertiary alicyclic amines) is 1. The van der Waals surface area contributed by atoms with E-state index in [-0.39, 0.29) is 17.2 Å². The van der Waals surface area contributed by atoms with Crippen molar-refractivity contribution in [1.82, 2.24) is 15.1 Å². The molecule has 2 saturated heterocycles. The summed E-state index contributed by atoms with van der Waals surface area (Å²) >= 11 is 5.96. The Bertz CT molecular complexity index is 658. The highest BCUT2D eigenvalue weighted by molar-refractivity contribution is 6.30. The highest BCUT2D eigenvalue weighted by atomic mass is 35.5. The van der Waals surface area contributed by atoms with Crippen LogP contribution in [0.15, 0.2) is 24.3 Å². The van der Waals surface area contributed by atoms with Crippen LogP contribution in [0.4, 0.5) is 0 Å². The maximum absolute atomic E-state index is 12.6. The highest BCUT2D eigenvalue weighted by Gasteiger charge is 2.50. The van der Waals surface area contributed by atoms with Gasteiger partial charge in [0.25, 0.3) is 0 Å². The van der Waals surface area contributed by atoms with E-state index in [2.05, 4.69) is 10.2 Å². The minimum Gasteiger partial charge on any atom is -0.342 e. The van der Waals surface area contributed by atoms with E-state index in [1.54, 1.807) is 0 Å². The normalized spacial score (nSPS) is 20.8. The standard InChI is InChI=1S/C19H26ClN3O2/c1-18(2,3)17(25)22-10-8-19(9-11-22)16(24)21-13-23(19)12-14-4-6-15(20)7-5-14/h4-7H,8-13H2,1-3H3,(H,21,24). The molecule has 0 unspecified atom stereocenters. The Labute approximate surface area is 154 Å². The Hall–Kier alpha value is -1.59. The highest BCUT2D eigenvalue weighted by Crippen LogP contribution is 2.35. The number of carbonyl (C=O) groups is 2. The molecular formula is C19H26ClN3O2. The van der Waals surface area contributed by atoms with E-state index < -0.39 is 5.54 Å². The molecule has 2 aliphatic heterocycles. The van der Waals surface area contributed by atoms with Gasteiger partial charge in [-0.1, -0.05) is 44.5 Å². The summed E-state index contributed by atoms with van der Waals surface area (Å²) in [7, 11) is 0. The lowest BCUT2D eigenvalue weighted by molar-refractivity contribution is -0.144. The number of benzene rings is 1. The maximum atomic E-state index is 12.6. The third-order valence-corrected chi connectivity index (χ3v) is 5.52. The molecule has 1 aromatic carbocycles. The Morgan fingerprint density at radius 1 is 1.20 bits per heavy atom. The van der Waals surface area contributed by atoms with Crippen LogP contribution >= 0.6 is 11.6 Å². The molecular weight excluding hydrogens is 338 g/mol. The van der Waals surface area contributed by atoms with Crippen LogP contribution in [-0.4, -0.2) is 46.9 Å². The first-order valence-corrected chi connectivity index (χ1v) is 9.17. The molecule has 6 heteroatoms. The second kappa shape index (κ2) is 6.61. The average Bonchev–Trinajstić information content (AvgIpc) is 2.85. The van der Waals surface area contributed by atoms with Gasteiger partial charge in [0.15, 0.2) is 0 Å². The van der Waals surface area contributed by atoms with Crippen LogP contribution in [0.25, 0.3) is 0 Å². The molecule has 136 valence electrons. The van der Waals surface area contributed by atoms with Crippen molar-refractivity contribution < 1.29 is 9.59 Å². The molecule has 2 amide bonds. The van der Waals surface area contributed by atoms with E-state index in [4.69, 9.17) is 11.6 Å². The summed E-state index contributed by atoms with van der Waals surface area (Å²) in [6, 6.07) is 7.74. The molecule has 0 bridgehead atoms. The van der Waals surface area contributed by atoms with E-state index in [1.165, 1.54) is 0 Å². The van der Waals surface area contributed by atoms with Crippen molar-refractivity contribution in [3.63, 3.8) is 0 Å². The van der Waals surface area contributed by atoms with Crippen molar-refractivity contribution in [3.05, 3.63) is 34.9 Å². The predicted octanol–water partition coefficient (Wildman–Crippen LogP) is 2.64. The molecule has 0 atom stereocenters. The molecule has 0 aliphatic carbocycles. The van der Waals surface area contributed by atoms with Gasteiger partial charge in [-0.3, -0.25) is 14.5 Å². The van der Waals surface area contributed by atoms with Gasteiger partial charge in [0.2, 0.25) is 11.8 Å². The van der Waals surface area contributed by atoms with Crippen LogP contribution in [0.3, 0.4) is 0 Å². The largest absolute Gasteiger partial charge is 0.342 e. The fraction of sp³-hybridized carbons (Fsp3) is 0.579. The summed E-state index contributed by atoms with van der Waals surface area (Å²) in [5.74, 6) is 0.245. The number of amides is 2. The van der Waals surface area contributed by atoms with E-state index in [0.717, 1.165) is 5.56 Å². The molecule has 5 nitrogen and oxygen atoms in total. The SMILES string of the molecule is CC(C)(C)C(=O)N1CCC2(CC1)C(=O)NCN2Cc1ccc(Cl)cc1. The topological polar surface area (TPSA) is 52.7 Å². The Morgan fingerprint density at radius 2 is 1.80 bits per heavy atom. The summed E-state index contributed by atoms with van der Waals surface area (Å²) in [5, 5.41) is 3.70. The van der Waals surface area contributed by atoms with Crippen LogP contribution in [0.5, 0.6) is 0 Å². The number of hydrogen-bond acceptors (Lipinski definition) is 3. The van der Waals surface area contributed by atoms with Gasteiger partial charge < -0.3 is 10.2 Å². The van der Waals surface area contributed by atoms with Crippen molar-refractivity contribution in [2.24, 2.45) is 5.41 Å². The first kappa shape index (κ1) is 18.2. The minimum atomic E-state index is -0.506. The van der Waals surface area contributed by atoms with Crippen molar-refractivity contribution in [3.8, 4) is 0 Å². The third-order valence-electron chi connectivity index (χ3n) is 5.26. The average molecular weight is 364 g/mol. The van der Waals surface area contributed by atoms with Gasteiger partial charge in [0, 0.05) is 30.1 Å². The molecule has 2 heterocycles. The number of nitrogens with one attached hydrogen (secondary N) is 1. The second-order valence-corrected chi connectivity index (χ2v) is 8.50. The number of carbonyl (C=O) groups excluding carboxylic acids is 2. The molecule has 2 aliphatic rings. The Kier molecular flexibility index (Phi) is 4.82. The van der Waals surface area contributed by atoms with E-state index >= 15 is 0 Å². The predicted molar refractivity (Wildman–Crippen MR) is 98.0 cm³/mol. The lowest BCUT2D eigenvalue weighted by Gasteiger charge is -2.43. The van der Waals surface area contributed by atoms with E-state index in [1.807, 2.05) is 49.9 Å². The smallest absolute Gasteiger partial charge is 0.241 e. The maximum Gasteiger partial charge on any atom is 0.241 e. The van der Waals surface area contributed by atoms with Crippen molar-refractivity contribution in [1.29, 1.82) is 0 Å². The molecule has 0 aromatic heterocycles. The molecule has 3 rings (SSSR count). The molecule has 0 saturated carbocycles. The molecule has 1 N–H and O–H groups in total. The number of nitrogens with zero attached hydrogens (tertiary/aromatic N) is 2. The van der Waals surface area contributed by atoms with Gasteiger partial charge in [0.1, 0.15) is 5.54 Å². The quantitative estimate of drug-likeness (QED) is 0.878. The van der Waals surface area contributed by atoms with E-state index in [0.29, 0.717) is 44.2 Å². The fourth-order valence-electron chi connectivity index (χ4n) is 3.74. The van der Waals surface area contributed by atoms with Gasteiger partial charge in [-0.25, -0.2) is 0 Å².